The van der Waals surface area contributed by atoms with Crippen molar-refractivity contribution in [3.63, 3.8) is 0 Å². The van der Waals surface area contributed by atoms with Gasteiger partial charge in [-0.2, -0.15) is 0 Å². The number of hydrogen-bond acceptors (Lipinski definition) is 2. The molecule has 1 unspecified atom stereocenters. The van der Waals surface area contributed by atoms with Gasteiger partial charge in [-0.25, -0.2) is 8.78 Å². The summed E-state index contributed by atoms with van der Waals surface area (Å²) in [7, 11) is 0. The molecule has 0 radical (unpaired) electrons. The summed E-state index contributed by atoms with van der Waals surface area (Å²) >= 11 is 0. The van der Waals surface area contributed by atoms with E-state index >= 15 is 0 Å². The van der Waals surface area contributed by atoms with Gasteiger partial charge in [0, 0.05) is 6.07 Å². The molecule has 18 heavy (non-hydrogen) atoms. The number of rotatable bonds is 4. The maximum Gasteiger partial charge on any atom is 0.129 e. The number of nitrogens with two attached hydrogens (primary N) is 1. The van der Waals surface area contributed by atoms with Gasteiger partial charge in [-0.3, -0.25) is 11.3 Å². The van der Waals surface area contributed by atoms with Crippen molar-refractivity contribution in [2.75, 3.05) is 0 Å². The van der Waals surface area contributed by atoms with E-state index < -0.39 is 11.6 Å². The second-order valence-corrected chi connectivity index (χ2v) is 4.07. The summed E-state index contributed by atoms with van der Waals surface area (Å²) in [6.45, 7) is 0. The lowest BCUT2D eigenvalue weighted by atomic mass is 9.99. The Labute approximate surface area is 104 Å². The van der Waals surface area contributed by atoms with Crippen molar-refractivity contribution in [3.8, 4) is 0 Å². The molecule has 0 spiro atoms. The van der Waals surface area contributed by atoms with Gasteiger partial charge < -0.3 is 0 Å². The Balaban J connectivity index is 2.21. The topological polar surface area (TPSA) is 38.0 Å². The van der Waals surface area contributed by atoms with Crippen LogP contribution in [0, 0.1) is 11.6 Å². The number of halogens is 2. The largest absolute Gasteiger partial charge is 0.271 e. The van der Waals surface area contributed by atoms with Crippen molar-refractivity contribution < 1.29 is 8.78 Å². The smallest absolute Gasteiger partial charge is 0.129 e. The Morgan fingerprint density at radius 2 is 1.78 bits per heavy atom. The predicted octanol–water partition coefficient (Wildman–Crippen LogP) is 2.71. The summed E-state index contributed by atoms with van der Waals surface area (Å²) in [6, 6.07) is 12.9. The summed E-state index contributed by atoms with van der Waals surface area (Å²) < 4.78 is 26.4. The second kappa shape index (κ2) is 5.71. The SMILES string of the molecule is NNC(Cc1ccc(F)cc1F)c1ccccc1. The second-order valence-electron chi connectivity index (χ2n) is 4.07. The van der Waals surface area contributed by atoms with Crippen molar-refractivity contribution >= 4 is 0 Å². The van der Waals surface area contributed by atoms with Crippen molar-refractivity contribution in [2.45, 2.75) is 12.5 Å². The van der Waals surface area contributed by atoms with Crippen LogP contribution in [-0.2, 0) is 6.42 Å². The third-order valence-corrected chi connectivity index (χ3v) is 2.84. The maximum absolute atomic E-state index is 13.6. The van der Waals surface area contributed by atoms with Crippen LogP contribution in [0.3, 0.4) is 0 Å². The van der Waals surface area contributed by atoms with Gasteiger partial charge in [0.05, 0.1) is 6.04 Å². The van der Waals surface area contributed by atoms with Gasteiger partial charge in [-0.1, -0.05) is 36.4 Å². The molecule has 0 aromatic heterocycles. The molecule has 0 aliphatic carbocycles. The Kier molecular flexibility index (Phi) is 4.02. The zero-order valence-electron chi connectivity index (χ0n) is 9.74. The molecule has 0 fully saturated rings. The van der Waals surface area contributed by atoms with Crippen LogP contribution in [0.25, 0.3) is 0 Å². The Bertz CT molecular complexity index is 514. The molecule has 0 aliphatic heterocycles. The number of nitrogens with one attached hydrogen (secondary N) is 1. The quantitative estimate of drug-likeness (QED) is 0.645. The van der Waals surface area contributed by atoms with Crippen molar-refractivity contribution in [1.82, 2.24) is 5.43 Å². The average Bonchev–Trinajstić information content (AvgIpc) is 2.39. The predicted molar refractivity (Wildman–Crippen MR) is 66.6 cm³/mol. The molecule has 3 N–H and O–H groups in total. The molecule has 0 saturated carbocycles. The van der Waals surface area contributed by atoms with Crippen LogP contribution in [-0.4, -0.2) is 0 Å². The van der Waals surface area contributed by atoms with Crippen LogP contribution in [0.5, 0.6) is 0 Å². The van der Waals surface area contributed by atoms with E-state index in [2.05, 4.69) is 5.43 Å². The van der Waals surface area contributed by atoms with Crippen LogP contribution >= 0.6 is 0 Å². The Hall–Kier alpha value is -1.78. The lowest BCUT2D eigenvalue weighted by Crippen LogP contribution is -2.29. The molecule has 0 aliphatic rings. The van der Waals surface area contributed by atoms with Gasteiger partial charge in [-0.15, -0.1) is 0 Å². The van der Waals surface area contributed by atoms with E-state index in [4.69, 9.17) is 5.84 Å². The molecule has 2 rings (SSSR count). The highest BCUT2D eigenvalue weighted by Crippen LogP contribution is 2.19. The van der Waals surface area contributed by atoms with E-state index in [0.29, 0.717) is 12.0 Å². The van der Waals surface area contributed by atoms with Crippen LogP contribution in [0.1, 0.15) is 17.2 Å². The van der Waals surface area contributed by atoms with E-state index in [0.717, 1.165) is 11.6 Å². The van der Waals surface area contributed by atoms with Crippen molar-refractivity contribution in [1.29, 1.82) is 0 Å². The van der Waals surface area contributed by atoms with Gasteiger partial charge >= 0.3 is 0 Å². The molecule has 4 heteroatoms. The summed E-state index contributed by atoms with van der Waals surface area (Å²) in [5.74, 6) is 4.36. The van der Waals surface area contributed by atoms with Crippen LogP contribution < -0.4 is 11.3 Å². The molecule has 0 saturated heterocycles. The number of hydrogen-bond donors (Lipinski definition) is 2. The normalized spacial score (nSPS) is 12.4. The van der Waals surface area contributed by atoms with E-state index in [1.165, 1.54) is 12.1 Å². The number of hydrazine groups is 1. The summed E-state index contributed by atoms with van der Waals surface area (Å²) in [6.07, 6.45) is 0.368. The van der Waals surface area contributed by atoms with Crippen molar-refractivity contribution in [2.24, 2.45) is 5.84 Å². The highest BCUT2D eigenvalue weighted by molar-refractivity contribution is 5.25. The van der Waals surface area contributed by atoms with E-state index in [-0.39, 0.29) is 6.04 Å². The van der Waals surface area contributed by atoms with Crippen LogP contribution in [0.15, 0.2) is 48.5 Å². The van der Waals surface area contributed by atoms with Gasteiger partial charge in [0.1, 0.15) is 11.6 Å². The fraction of sp³-hybridized carbons (Fsp3) is 0.143. The molecule has 0 bridgehead atoms. The first-order valence-electron chi connectivity index (χ1n) is 5.65. The standard InChI is InChI=1S/C14H14F2N2/c15-12-7-6-11(13(16)9-12)8-14(18-17)10-4-2-1-3-5-10/h1-7,9,14,18H,8,17H2. The molecular formula is C14H14F2N2. The molecule has 1 atom stereocenters. The molecule has 2 aromatic carbocycles. The molecule has 2 aromatic rings. The first-order valence-corrected chi connectivity index (χ1v) is 5.65. The maximum atomic E-state index is 13.6. The molecule has 0 amide bonds. The Morgan fingerprint density at radius 1 is 1.06 bits per heavy atom. The molecule has 2 nitrogen and oxygen atoms in total. The lowest BCUT2D eigenvalue weighted by Gasteiger charge is -2.16. The zero-order chi connectivity index (χ0) is 13.0. The first-order chi connectivity index (χ1) is 8.70. The highest BCUT2D eigenvalue weighted by Gasteiger charge is 2.13. The summed E-state index contributed by atoms with van der Waals surface area (Å²) in [5.41, 5.74) is 4.04. The minimum atomic E-state index is -0.576. The third kappa shape index (κ3) is 2.91. The van der Waals surface area contributed by atoms with Gasteiger partial charge in [0.15, 0.2) is 0 Å². The van der Waals surface area contributed by atoms with Gasteiger partial charge in [-0.05, 0) is 23.6 Å². The minimum absolute atomic E-state index is 0.203. The fourth-order valence-corrected chi connectivity index (χ4v) is 1.87. The zero-order valence-corrected chi connectivity index (χ0v) is 9.74. The molecular weight excluding hydrogens is 234 g/mol. The molecule has 94 valence electrons. The minimum Gasteiger partial charge on any atom is -0.271 e. The van der Waals surface area contributed by atoms with Crippen LogP contribution in [0.4, 0.5) is 8.78 Å². The van der Waals surface area contributed by atoms with E-state index in [1.807, 2.05) is 30.3 Å². The van der Waals surface area contributed by atoms with Gasteiger partial charge in [0.25, 0.3) is 0 Å². The fourth-order valence-electron chi connectivity index (χ4n) is 1.87. The van der Waals surface area contributed by atoms with Crippen LogP contribution in [0.2, 0.25) is 0 Å². The third-order valence-electron chi connectivity index (χ3n) is 2.84. The number of benzene rings is 2. The van der Waals surface area contributed by atoms with Gasteiger partial charge in [0.2, 0.25) is 0 Å². The van der Waals surface area contributed by atoms with E-state index in [9.17, 15) is 8.78 Å². The van der Waals surface area contributed by atoms with Crippen molar-refractivity contribution in [3.05, 3.63) is 71.3 Å². The van der Waals surface area contributed by atoms with E-state index in [1.54, 1.807) is 0 Å². The lowest BCUT2D eigenvalue weighted by molar-refractivity contribution is 0.522. The average molecular weight is 248 g/mol. The Morgan fingerprint density at radius 3 is 2.39 bits per heavy atom. The monoisotopic (exact) mass is 248 g/mol. The summed E-state index contributed by atoms with van der Waals surface area (Å²) in [4.78, 5) is 0. The highest BCUT2D eigenvalue weighted by atomic mass is 19.1. The molecule has 0 heterocycles. The first kappa shape index (κ1) is 12.7. The summed E-state index contributed by atoms with van der Waals surface area (Å²) in [5, 5.41) is 0.